The zero-order valence-corrected chi connectivity index (χ0v) is 9.67. The predicted octanol–water partition coefficient (Wildman–Crippen LogP) is 3.98. The van der Waals surface area contributed by atoms with Crippen LogP contribution >= 0.6 is 0 Å². The number of rotatable bonds is 9. The fraction of sp³-hybridized carbons (Fsp3) is 0.769. The number of hydrogen-bond donors (Lipinski definition) is 0. The van der Waals surface area contributed by atoms with Crippen LogP contribution in [0, 0.1) is 11.8 Å². The van der Waals surface area contributed by atoms with Gasteiger partial charge in [0, 0.05) is 5.92 Å². The molecule has 0 aliphatic rings. The molecule has 0 aromatic rings. The zero-order valence-electron chi connectivity index (χ0n) is 9.67. The molecule has 0 saturated carbocycles. The van der Waals surface area contributed by atoms with Crippen molar-refractivity contribution in [2.75, 3.05) is 0 Å². The van der Waals surface area contributed by atoms with E-state index in [9.17, 15) is 4.79 Å². The topological polar surface area (TPSA) is 17.1 Å². The minimum atomic E-state index is 0.273. The van der Waals surface area contributed by atoms with Gasteiger partial charge in [0.25, 0.3) is 0 Å². The van der Waals surface area contributed by atoms with Crippen LogP contribution in [0.4, 0.5) is 0 Å². The Balaban J connectivity index is 3.33. The molecular formula is C13H24O. The summed E-state index contributed by atoms with van der Waals surface area (Å²) in [6.45, 7) is 7.94. The first-order chi connectivity index (χ1) is 6.72. The van der Waals surface area contributed by atoms with Crippen LogP contribution < -0.4 is 0 Å². The first-order valence-electron chi connectivity index (χ1n) is 5.78. The molecule has 14 heavy (non-hydrogen) atoms. The standard InChI is InChI=1S/C13H24O/c1-4-5-6-7-8-9-10-13(11-14)12(2)3/h4,11-13H,1,5-10H2,2-3H3. The predicted molar refractivity (Wildman–Crippen MR) is 62.3 cm³/mol. The third kappa shape index (κ3) is 6.88. The highest BCUT2D eigenvalue weighted by Crippen LogP contribution is 2.17. The average molecular weight is 196 g/mol. The van der Waals surface area contributed by atoms with Crippen LogP contribution in [0.25, 0.3) is 0 Å². The summed E-state index contributed by atoms with van der Waals surface area (Å²) < 4.78 is 0. The summed E-state index contributed by atoms with van der Waals surface area (Å²) in [5.74, 6) is 0.773. The maximum absolute atomic E-state index is 10.7. The normalized spacial score (nSPS) is 12.8. The van der Waals surface area contributed by atoms with E-state index in [-0.39, 0.29) is 5.92 Å². The Morgan fingerprint density at radius 3 is 2.29 bits per heavy atom. The molecule has 0 rings (SSSR count). The van der Waals surface area contributed by atoms with Crippen LogP contribution in [-0.2, 0) is 4.79 Å². The van der Waals surface area contributed by atoms with Gasteiger partial charge in [-0.15, -0.1) is 6.58 Å². The van der Waals surface area contributed by atoms with Gasteiger partial charge in [-0.05, 0) is 25.2 Å². The lowest BCUT2D eigenvalue weighted by Crippen LogP contribution is -2.09. The van der Waals surface area contributed by atoms with Crippen LogP contribution in [0.15, 0.2) is 12.7 Å². The third-order valence-corrected chi connectivity index (χ3v) is 2.73. The van der Waals surface area contributed by atoms with Gasteiger partial charge in [-0.3, -0.25) is 0 Å². The van der Waals surface area contributed by atoms with Gasteiger partial charge in [-0.1, -0.05) is 39.2 Å². The molecule has 0 spiro atoms. The van der Waals surface area contributed by atoms with Crippen molar-refractivity contribution >= 4 is 6.29 Å². The fourth-order valence-electron chi connectivity index (χ4n) is 1.58. The lowest BCUT2D eigenvalue weighted by atomic mass is 9.91. The molecule has 1 unspecified atom stereocenters. The summed E-state index contributed by atoms with van der Waals surface area (Å²) in [5, 5.41) is 0. The molecule has 0 aromatic heterocycles. The molecule has 82 valence electrons. The molecule has 0 radical (unpaired) electrons. The molecule has 1 nitrogen and oxygen atoms in total. The maximum atomic E-state index is 10.7. The second-order valence-corrected chi connectivity index (χ2v) is 4.32. The van der Waals surface area contributed by atoms with E-state index in [1.54, 1.807) is 0 Å². The van der Waals surface area contributed by atoms with Gasteiger partial charge < -0.3 is 4.79 Å². The summed E-state index contributed by atoms with van der Waals surface area (Å²) in [6, 6.07) is 0. The van der Waals surface area contributed by atoms with E-state index in [0.29, 0.717) is 5.92 Å². The Morgan fingerprint density at radius 1 is 1.14 bits per heavy atom. The smallest absolute Gasteiger partial charge is 0.123 e. The van der Waals surface area contributed by atoms with Crippen molar-refractivity contribution in [1.29, 1.82) is 0 Å². The molecule has 0 saturated heterocycles. The highest BCUT2D eigenvalue weighted by atomic mass is 16.1. The Kier molecular flexibility index (Phi) is 8.61. The van der Waals surface area contributed by atoms with Gasteiger partial charge in [0.2, 0.25) is 0 Å². The van der Waals surface area contributed by atoms with Crippen LogP contribution in [0.5, 0.6) is 0 Å². The molecular weight excluding hydrogens is 172 g/mol. The lowest BCUT2D eigenvalue weighted by molar-refractivity contribution is -0.112. The van der Waals surface area contributed by atoms with E-state index in [2.05, 4.69) is 20.4 Å². The summed E-state index contributed by atoms with van der Waals surface area (Å²) in [6.07, 6.45) is 10.3. The van der Waals surface area contributed by atoms with Gasteiger partial charge in [-0.2, -0.15) is 0 Å². The zero-order chi connectivity index (χ0) is 10.8. The third-order valence-electron chi connectivity index (χ3n) is 2.73. The van der Waals surface area contributed by atoms with Crippen molar-refractivity contribution in [3.63, 3.8) is 0 Å². The minimum absolute atomic E-state index is 0.273. The number of aldehydes is 1. The molecule has 0 bridgehead atoms. The Bertz CT molecular complexity index is 149. The highest BCUT2D eigenvalue weighted by molar-refractivity contribution is 5.53. The average Bonchev–Trinajstić information content (AvgIpc) is 2.16. The number of carbonyl (C=O) groups excluding carboxylic acids is 1. The summed E-state index contributed by atoms with van der Waals surface area (Å²) in [5.41, 5.74) is 0. The fourth-order valence-corrected chi connectivity index (χ4v) is 1.58. The van der Waals surface area contributed by atoms with E-state index in [1.165, 1.54) is 25.7 Å². The van der Waals surface area contributed by atoms with Crippen molar-refractivity contribution in [3.05, 3.63) is 12.7 Å². The number of carbonyl (C=O) groups is 1. The van der Waals surface area contributed by atoms with Crippen molar-refractivity contribution in [1.82, 2.24) is 0 Å². The molecule has 0 amide bonds. The van der Waals surface area contributed by atoms with E-state index < -0.39 is 0 Å². The molecule has 1 atom stereocenters. The largest absolute Gasteiger partial charge is 0.303 e. The van der Waals surface area contributed by atoms with Gasteiger partial charge in [0.1, 0.15) is 6.29 Å². The second kappa shape index (κ2) is 8.98. The van der Waals surface area contributed by atoms with Crippen molar-refractivity contribution in [2.45, 2.75) is 52.4 Å². The van der Waals surface area contributed by atoms with Gasteiger partial charge in [0.05, 0.1) is 0 Å². The first-order valence-corrected chi connectivity index (χ1v) is 5.78. The number of allylic oxidation sites excluding steroid dienone is 1. The maximum Gasteiger partial charge on any atom is 0.123 e. The van der Waals surface area contributed by atoms with Gasteiger partial charge in [-0.25, -0.2) is 0 Å². The minimum Gasteiger partial charge on any atom is -0.303 e. The summed E-state index contributed by atoms with van der Waals surface area (Å²) in [7, 11) is 0. The molecule has 0 aromatic carbocycles. The van der Waals surface area contributed by atoms with Crippen molar-refractivity contribution in [3.8, 4) is 0 Å². The van der Waals surface area contributed by atoms with E-state index in [1.807, 2.05) is 6.08 Å². The van der Waals surface area contributed by atoms with Crippen molar-refractivity contribution in [2.24, 2.45) is 11.8 Å². The van der Waals surface area contributed by atoms with Crippen LogP contribution in [-0.4, -0.2) is 6.29 Å². The number of hydrogen-bond acceptors (Lipinski definition) is 1. The highest BCUT2D eigenvalue weighted by Gasteiger charge is 2.10. The Morgan fingerprint density at radius 2 is 1.79 bits per heavy atom. The Labute approximate surface area is 88.6 Å². The van der Waals surface area contributed by atoms with E-state index in [0.717, 1.165) is 19.1 Å². The van der Waals surface area contributed by atoms with Gasteiger partial charge >= 0.3 is 0 Å². The molecule has 0 fully saturated rings. The lowest BCUT2D eigenvalue weighted by Gasteiger charge is -2.13. The van der Waals surface area contributed by atoms with Crippen LogP contribution in [0.1, 0.15) is 52.4 Å². The van der Waals surface area contributed by atoms with E-state index in [4.69, 9.17) is 0 Å². The molecule has 0 heterocycles. The van der Waals surface area contributed by atoms with Crippen LogP contribution in [0.2, 0.25) is 0 Å². The molecule has 0 aliphatic heterocycles. The monoisotopic (exact) mass is 196 g/mol. The number of unbranched alkanes of at least 4 members (excludes halogenated alkanes) is 4. The van der Waals surface area contributed by atoms with Gasteiger partial charge in [0.15, 0.2) is 0 Å². The molecule has 0 aliphatic carbocycles. The molecule has 0 N–H and O–H groups in total. The Hall–Kier alpha value is -0.590. The van der Waals surface area contributed by atoms with Crippen molar-refractivity contribution < 1.29 is 4.79 Å². The van der Waals surface area contributed by atoms with Crippen LogP contribution in [0.3, 0.4) is 0 Å². The van der Waals surface area contributed by atoms with E-state index >= 15 is 0 Å². The second-order valence-electron chi connectivity index (χ2n) is 4.32. The molecule has 1 heteroatoms. The SMILES string of the molecule is C=CCCCCCCC(C=O)C(C)C. The summed E-state index contributed by atoms with van der Waals surface area (Å²) in [4.78, 5) is 10.7. The summed E-state index contributed by atoms with van der Waals surface area (Å²) >= 11 is 0. The quantitative estimate of drug-likeness (QED) is 0.309. The first kappa shape index (κ1) is 13.4.